The number of hydrogen-bond donors (Lipinski definition) is 2. The van der Waals surface area contributed by atoms with E-state index in [-0.39, 0.29) is 27.1 Å². The number of carbonyl (C=O) groups excluding carboxylic acids is 1. The van der Waals surface area contributed by atoms with Gasteiger partial charge in [0.15, 0.2) is 0 Å². The van der Waals surface area contributed by atoms with Crippen LogP contribution in [0.5, 0.6) is 0 Å². The van der Waals surface area contributed by atoms with E-state index in [0.29, 0.717) is 41.7 Å². The number of allylic oxidation sites excluding steroid dienone is 2. The van der Waals surface area contributed by atoms with E-state index in [1.54, 1.807) is 24.5 Å². The van der Waals surface area contributed by atoms with Crippen LogP contribution in [0.15, 0.2) is 54.9 Å². The van der Waals surface area contributed by atoms with Gasteiger partial charge in [-0.25, -0.2) is 4.79 Å². The maximum Gasteiger partial charge on any atom is 0.335 e. The summed E-state index contributed by atoms with van der Waals surface area (Å²) in [6.07, 6.45) is 17.8. The van der Waals surface area contributed by atoms with Crippen LogP contribution in [0.2, 0.25) is 0 Å². The van der Waals surface area contributed by atoms with E-state index >= 15 is 0 Å². The van der Waals surface area contributed by atoms with Crippen LogP contribution < -0.4 is 5.32 Å². The molecule has 4 saturated carbocycles. The summed E-state index contributed by atoms with van der Waals surface area (Å²) in [5.41, 5.74) is 4.55. The van der Waals surface area contributed by atoms with Crippen LogP contribution in [-0.2, 0) is 11.3 Å². The van der Waals surface area contributed by atoms with Gasteiger partial charge in [-0.3, -0.25) is 9.78 Å². The molecule has 5 aliphatic carbocycles. The van der Waals surface area contributed by atoms with Gasteiger partial charge in [0.1, 0.15) is 0 Å². The van der Waals surface area contributed by atoms with Crippen molar-refractivity contribution in [1.29, 1.82) is 0 Å². The Balaban J connectivity index is 1.16. The lowest BCUT2D eigenvalue weighted by molar-refractivity contribution is -0.222. The third-order valence-corrected chi connectivity index (χ3v) is 15.0. The van der Waals surface area contributed by atoms with Gasteiger partial charge >= 0.3 is 5.97 Å². The van der Waals surface area contributed by atoms with Crippen LogP contribution in [0.3, 0.4) is 0 Å². The standard InChI is InChI=1S/C40H52N2O3/c1-36(2)29(27-8-10-28(11-9-27)34(43)44)14-19-37(3)32(36)15-20-39(5)33(37)13-12-30-31-7-6-18-40(31,22-21-38(30,39)4)35(45)42-25-26-16-23-41-24-17-26/h8-11,14,16-17,23-24,30-33H,6-7,12-13,15,18-22,25H2,1-5H3,(H,42,45)(H,43,44)/t30?,31?,32?,33?,37?,38-,39?,40?/m1/s1. The van der Waals surface area contributed by atoms with E-state index < -0.39 is 5.97 Å². The van der Waals surface area contributed by atoms with Crippen molar-refractivity contribution >= 4 is 17.4 Å². The highest BCUT2D eigenvalue weighted by atomic mass is 16.4. The Morgan fingerprint density at radius 1 is 0.822 bits per heavy atom. The fraction of sp³-hybridized carbons (Fsp3) is 0.625. The Hall–Kier alpha value is -2.95. The Bertz CT molecular complexity index is 1510. The van der Waals surface area contributed by atoms with E-state index in [2.05, 4.69) is 51.0 Å². The Morgan fingerprint density at radius 3 is 2.27 bits per heavy atom. The number of aromatic nitrogens is 1. The molecule has 0 bridgehead atoms. The van der Waals surface area contributed by atoms with Crippen LogP contribution in [0.4, 0.5) is 0 Å². The largest absolute Gasteiger partial charge is 0.478 e. The zero-order valence-electron chi connectivity index (χ0n) is 28.0. The van der Waals surface area contributed by atoms with Crippen LogP contribution >= 0.6 is 0 Å². The molecule has 0 saturated heterocycles. The second kappa shape index (κ2) is 10.5. The van der Waals surface area contributed by atoms with Gasteiger partial charge in [0.2, 0.25) is 5.91 Å². The van der Waals surface area contributed by atoms with Gasteiger partial charge in [0.25, 0.3) is 0 Å². The van der Waals surface area contributed by atoms with E-state index in [9.17, 15) is 14.7 Å². The summed E-state index contributed by atoms with van der Waals surface area (Å²) < 4.78 is 0. The number of aromatic carboxylic acids is 1. The van der Waals surface area contributed by atoms with Crippen molar-refractivity contribution in [2.75, 3.05) is 0 Å². The predicted octanol–water partition coefficient (Wildman–Crippen LogP) is 8.94. The second-order valence-electron chi connectivity index (χ2n) is 16.8. The van der Waals surface area contributed by atoms with Gasteiger partial charge in [-0.1, -0.05) is 59.2 Å². The van der Waals surface area contributed by atoms with Gasteiger partial charge in [-0.15, -0.1) is 0 Å². The molecule has 1 aromatic carbocycles. The van der Waals surface area contributed by atoms with Crippen LogP contribution in [-0.4, -0.2) is 22.0 Å². The number of carboxylic acids is 1. The monoisotopic (exact) mass is 608 g/mol. The van der Waals surface area contributed by atoms with Crippen LogP contribution in [0.1, 0.15) is 120 Å². The highest BCUT2D eigenvalue weighted by molar-refractivity contribution is 5.88. The Morgan fingerprint density at radius 2 is 1.56 bits per heavy atom. The molecule has 7 rings (SSSR count). The van der Waals surface area contributed by atoms with Crippen molar-refractivity contribution in [2.45, 2.75) is 105 Å². The molecule has 4 fully saturated rings. The average molecular weight is 609 g/mol. The van der Waals surface area contributed by atoms with Gasteiger partial charge in [0, 0.05) is 18.9 Å². The molecule has 7 unspecified atom stereocenters. The number of fused-ring (bicyclic) bond motifs is 7. The first-order chi connectivity index (χ1) is 21.4. The maximum atomic E-state index is 14.1. The highest BCUT2D eigenvalue weighted by Crippen LogP contribution is 2.77. The van der Waals surface area contributed by atoms with Crippen LogP contribution in [0, 0.1) is 50.7 Å². The molecule has 0 radical (unpaired) electrons. The van der Waals surface area contributed by atoms with E-state index in [4.69, 9.17) is 0 Å². The molecule has 0 aliphatic heterocycles. The van der Waals surface area contributed by atoms with Gasteiger partial charge in [-0.05, 0) is 144 Å². The Kier molecular flexibility index (Phi) is 7.19. The van der Waals surface area contributed by atoms with Gasteiger partial charge in [-0.2, -0.15) is 0 Å². The topological polar surface area (TPSA) is 79.3 Å². The first-order valence-electron chi connectivity index (χ1n) is 17.6. The molecule has 5 heteroatoms. The normalized spacial score (nSPS) is 39.8. The number of rotatable bonds is 5. The number of hydrogen-bond acceptors (Lipinski definition) is 3. The predicted molar refractivity (Wildman–Crippen MR) is 178 cm³/mol. The van der Waals surface area contributed by atoms with E-state index in [0.717, 1.165) is 31.2 Å². The molecular weight excluding hydrogens is 556 g/mol. The molecule has 5 aliphatic rings. The zero-order valence-corrected chi connectivity index (χ0v) is 28.0. The molecule has 8 atom stereocenters. The average Bonchev–Trinajstić information content (AvgIpc) is 3.46. The molecule has 1 amide bonds. The summed E-state index contributed by atoms with van der Waals surface area (Å²) in [6, 6.07) is 11.5. The van der Waals surface area contributed by atoms with Crippen molar-refractivity contribution < 1.29 is 14.7 Å². The third-order valence-electron chi connectivity index (χ3n) is 15.0. The van der Waals surface area contributed by atoms with E-state index in [1.807, 2.05) is 24.3 Å². The molecule has 240 valence electrons. The lowest BCUT2D eigenvalue weighted by Crippen LogP contribution is -2.65. The molecule has 2 N–H and O–H groups in total. The first-order valence-corrected chi connectivity index (χ1v) is 17.6. The number of pyridine rings is 1. The zero-order chi connectivity index (χ0) is 31.8. The molecule has 0 spiro atoms. The maximum absolute atomic E-state index is 14.1. The molecule has 1 heterocycles. The number of carboxylic acid groups (broad SMARTS) is 1. The summed E-state index contributed by atoms with van der Waals surface area (Å²) >= 11 is 0. The first kappa shape index (κ1) is 30.7. The third kappa shape index (κ3) is 4.34. The van der Waals surface area contributed by atoms with Gasteiger partial charge < -0.3 is 10.4 Å². The number of amides is 1. The van der Waals surface area contributed by atoms with Crippen molar-refractivity contribution in [3.63, 3.8) is 0 Å². The number of benzene rings is 1. The number of carbonyl (C=O) groups is 2. The molecule has 5 nitrogen and oxygen atoms in total. The summed E-state index contributed by atoms with van der Waals surface area (Å²) in [6.45, 7) is 13.4. The fourth-order valence-electron chi connectivity index (χ4n) is 12.7. The minimum absolute atomic E-state index is 0.0108. The SMILES string of the molecule is CC1(C)C(c2ccc(C(=O)O)cc2)=CCC2(C)C1CCC1(C)C2CCC2C3CCCC3(C(=O)NCc3ccncc3)CC[C@]21C. The van der Waals surface area contributed by atoms with Gasteiger partial charge in [0.05, 0.1) is 11.0 Å². The molecule has 1 aromatic heterocycles. The summed E-state index contributed by atoms with van der Waals surface area (Å²) in [5.74, 6) is 1.76. The molecular formula is C40H52N2O3. The molecule has 45 heavy (non-hydrogen) atoms. The Labute approximate surface area is 269 Å². The lowest BCUT2D eigenvalue weighted by Gasteiger charge is -2.72. The van der Waals surface area contributed by atoms with Crippen molar-refractivity contribution in [2.24, 2.45) is 50.7 Å². The minimum Gasteiger partial charge on any atom is -0.478 e. The van der Waals surface area contributed by atoms with E-state index in [1.165, 1.54) is 49.7 Å². The summed E-state index contributed by atoms with van der Waals surface area (Å²) in [5, 5.41) is 12.8. The second-order valence-corrected chi connectivity index (χ2v) is 16.8. The highest BCUT2D eigenvalue weighted by Gasteiger charge is 2.70. The van der Waals surface area contributed by atoms with Crippen molar-refractivity contribution in [3.8, 4) is 0 Å². The molecule has 2 aromatic rings. The smallest absolute Gasteiger partial charge is 0.335 e. The van der Waals surface area contributed by atoms with Crippen molar-refractivity contribution in [3.05, 3.63) is 71.6 Å². The summed E-state index contributed by atoms with van der Waals surface area (Å²) in [7, 11) is 0. The number of nitrogens with zero attached hydrogens (tertiary/aromatic N) is 1. The minimum atomic E-state index is -0.871. The number of nitrogens with one attached hydrogen (secondary N) is 1. The lowest BCUT2D eigenvalue weighted by atomic mass is 9.32. The van der Waals surface area contributed by atoms with Crippen molar-refractivity contribution in [1.82, 2.24) is 10.3 Å². The summed E-state index contributed by atoms with van der Waals surface area (Å²) in [4.78, 5) is 29.7. The fourth-order valence-corrected chi connectivity index (χ4v) is 12.7. The van der Waals surface area contributed by atoms with Crippen LogP contribution in [0.25, 0.3) is 5.57 Å². The quantitative estimate of drug-likeness (QED) is 0.355.